The maximum atomic E-state index is 15.2. The monoisotopic (exact) mass is 442 g/mol. The van der Waals surface area contributed by atoms with Crippen LogP contribution in [0.25, 0.3) is 0 Å². The predicted octanol–water partition coefficient (Wildman–Crippen LogP) is 3.26. The van der Waals surface area contributed by atoms with Crippen molar-refractivity contribution in [2.24, 2.45) is 0 Å². The number of ether oxygens (including phenoxy) is 2. The molecule has 172 valence electrons. The number of hydrogen-bond donors (Lipinski definition) is 1. The van der Waals surface area contributed by atoms with Gasteiger partial charge in [-0.3, -0.25) is 19.8 Å². The van der Waals surface area contributed by atoms with Crippen LogP contribution in [0.4, 0.5) is 4.39 Å². The van der Waals surface area contributed by atoms with Gasteiger partial charge in [0.25, 0.3) is 0 Å². The molecule has 3 rings (SSSR count). The maximum Gasteiger partial charge on any atom is 0.320 e. The van der Waals surface area contributed by atoms with Gasteiger partial charge in [-0.15, -0.1) is 0 Å². The van der Waals surface area contributed by atoms with Gasteiger partial charge in [0.05, 0.1) is 19.1 Å². The van der Waals surface area contributed by atoms with Gasteiger partial charge in [-0.05, 0) is 37.4 Å². The average molecular weight is 443 g/mol. The summed E-state index contributed by atoms with van der Waals surface area (Å²) in [4.78, 5) is 26.3. The van der Waals surface area contributed by atoms with Crippen LogP contribution in [0.1, 0.15) is 30.9 Å². The SMILES string of the molecule is C[C@]1(F)CCCN(CC(=O)OCc2ccccc2)C[C@H]1NCC(=O)OCc1ccccc1. The van der Waals surface area contributed by atoms with Crippen molar-refractivity contribution >= 4 is 11.9 Å². The lowest BCUT2D eigenvalue weighted by Crippen LogP contribution is -2.52. The second-order valence-electron chi connectivity index (χ2n) is 8.34. The highest BCUT2D eigenvalue weighted by atomic mass is 19.1. The van der Waals surface area contributed by atoms with Crippen LogP contribution >= 0.6 is 0 Å². The maximum absolute atomic E-state index is 15.2. The second kappa shape index (κ2) is 11.7. The molecule has 7 heteroatoms. The zero-order chi connectivity index (χ0) is 22.8. The Hall–Kier alpha value is -2.77. The third-order valence-corrected chi connectivity index (χ3v) is 5.64. The molecule has 1 N–H and O–H groups in total. The average Bonchev–Trinajstić information content (AvgIpc) is 2.93. The molecule has 0 spiro atoms. The van der Waals surface area contributed by atoms with E-state index >= 15 is 4.39 Å². The molecule has 2 atom stereocenters. The Bertz CT molecular complexity index is 861. The van der Waals surface area contributed by atoms with Crippen molar-refractivity contribution in [3.63, 3.8) is 0 Å². The van der Waals surface area contributed by atoms with E-state index in [1.807, 2.05) is 65.6 Å². The van der Waals surface area contributed by atoms with Gasteiger partial charge in [-0.1, -0.05) is 60.7 Å². The molecule has 0 saturated carbocycles. The molecule has 1 heterocycles. The highest BCUT2D eigenvalue weighted by molar-refractivity contribution is 5.72. The molecule has 1 saturated heterocycles. The van der Waals surface area contributed by atoms with Crippen LogP contribution in [0, 0.1) is 0 Å². The Balaban J connectivity index is 1.46. The number of esters is 2. The fraction of sp³-hybridized carbons (Fsp3) is 0.440. The second-order valence-corrected chi connectivity index (χ2v) is 8.34. The minimum atomic E-state index is -1.50. The number of rotatable bonds is 9. The lowest BCUT2D eigenvalue weighted by atomic mass is 9.94. The van der Waals surface area contributed by atoms with E-state index in [2.05, 4.69) is 5.32 Å². The van der Waals surface area contributed by atoms with E-state index in [0.717, 1.165) is 11.1 Å². The Morgan fingerprint density at radius 3 is 2.16 bits per heavy atom. The molecule has 32 heavy (non-hydrogen) atoms. The Labute approximate surface area is 188 Å². The van der Waals surface area contributed by atoms with Gasteiger partial charge in [-0.2, -0.15) is 0 Å². The van der Waals surface area contributed by atoms with Gasteiger partial charge in [0.15, 0.2) is 0 Å². The first-order valence-electron chi connectivity index (χ1n) is 11.0. The third-order valence-electron chi connectivity index (χ3n) is 5.64. The van der Waals surface area contributed by atoms with Gasteiger partial charge in [0.2, 0.25) is 0 Å². The summed E-state index contributed by atoms with van der Waals surface area (Å²) in [5.74, 6) is -0.792. The first-order valence-corrected chi connectivity index (χ1v) is 11.0. The zero-order valence-corrected chi connectivity index (χ0v) is 18.5. The van der Waals surface area contributed by atoms with Crippen molar-refractivity contribution in [3.8, 4) is 0 Å². The quantitative estimate of drug-likeness (QED) is 0.602. The van der Waals surface area contributed by atoms with Crippen molar-refractivity contribution < 1.29 is 23.5 Å². The normalized spacial score (nSPS) is 21.5. The highest BCUT2D eigenvalue weighted by Gasteiger charge is 2.38. The van der Waals surface area contributed by atoms with Crippen LogP contribution in [0.5, 0.6) is 0 Å². The topological polar surface area (TPSA) is 67.9 Å². The summed E-state index contributed by atoms with van der Waals surface area (Å²) in [7, 11) is 0. The molecule has 0 radical (unpaired) electrons. The molecule has 0 unspecified atom stereocenters. The van der Waals surface area contributed by atoms with Crippen LogP contribution in [-0.2, 0) is 32.3 Å². The number of likely N-dealkylation sites (tertiary alicyclic amines) is 1. The molecule has 1 fully saturated rings. The number of benzene rings is 2. The number of hydrogen-bond acceptors (Lipinski definition) is 6. The molecule has 0 amide bonds. The molecular formula is C25H31FN2O4. The lowest BCUT2D eigenvalue weighted by molar-refractivity contribution is -0.147. The molecule has 0 aliphatic carbocycles. The van der Waals surface area contributed by atoms with Crippen LogP contribution in [-0.4, -0.2) is 54.7 Å². The summed E-state index contributed by atoms with van der Waals surface area (Å²) in [6.07, 6.45) is 0.967. The van der Waals surface area contributed by atoms with E-state index in [0.29, 0.717) is 25.9 Å². The van der Waals surface area contributed by atoms with Gasteiger partial charge < -0.3 is 9.47 Å². The summed E-state index contributed by atoms with van der Waals surface area (Å²) in [6, 6.07) is 18.3. The first kappa shape index (κ1) is 23.9. The van der Waals surface area contributed by atoms with Crippen molar-refractivity contribution in [2.45, 2.75) is 44.7 Å². The van der Waals surface area contributed by atoms with Crippen LogP contribution in [0.2, 0.25) is 0 Å². The van der Waals surface area contributed by atoms with E-state index in [1.165, 1.54) is 6.92 Å². The molecule has 2 aromatic carbocycles. The molecule has 1 aliphatic rings. The number of alkyl halides is 1. The Kier molecular flexibility index (Phi) is 8.76. The van der Waals surface area contributed by atoms with Crippen molar-refractivity contribution in [2.75, 3.05) is 26.2 Å². The minimum Gasteiger partial charge on any atom is -0.460 e. The fourth-order valence-corrected chi connectivity index (χ4v) is 3.75. The van der Waals surface area contributed by atoms with Gasteiger partial charge in [0.1, 0.15) is 18.9 Å². The fourth-order valence-electron chi connectivity index (χ4n) is 3.75. The highest BCUT2D eigenvalue weighted by Crippen LogP contribution is 2.26. The van der Waals surface area contributed by atoms with E-state index in [4.69, 9.17) is 9.47 Å². The minimum absolute atomic E-state index is 0.0829. The standard InChI is InChI=1S/C25H31FN2O4/c1-25(26)13-8-14-28(17-24(30)32-19-21-11-6-3-7-12-21)16-22(25)27-15-23(29)31-18-20-9-4-2-5-10-20/h2-7,9-12,22,27H,8,13-19H2,1H3/t22-,25+/m1/s1. The Morgan fingerprint density at radius 1 is 1.00 bits per heavy atom. The first-order chi connectivity index (χ1) is 15.4. The molecule has 1 aliphatic heterocycles. The largest absolute Gasteiger partial charge is 0.460 e. The number of carbonyl (C=O) groups is 2. The van der Waals surface area contributed by atoms with Crippen molar-refractivity contribution in [1.82, 2.24) is 10.2 Å². The summed E-state index contributed by atoms with van der Waals surface area (Å²) in [5.41, 5.74) is 0.315. The Morgan fingerprint density at radius 2 is 1.56 bits per heavy atom. The van der Waals surface area contributed by atoms with E-state index in [-0.39, 0.29) is 32.3 Å². The van der Waals surface area contributed by atoms with Gasteiger partial charge >= 0.3 is 11.9 Å². The molecule has 0 aromatic heterocycles. The van der Waals surface area contributed by atoms with Gasteiger partial charge in [0, 0.05) is 6.54 Å². The van der Waals surface area contributed by atoms with Crippen molar-refractivity contribution in [3.05, 3.63) is 71.8 Å². The molecule has 0 bridgehead atoms. The number of nitrogens with zero attached hydrogens (tertiary/aromatic N) is 1. The van der Waals surface area contributed by atoms with Gasteiger partial charge in [-0.25, -0.2) is 4.39 Å². The predicted molar refractivity (Wildman–Crippen MR) is 119 cm³/mol. The summed E-state index contributed by atoms with van der Waals surface area (Å²) < 4.78 is 25.9. The molecular weight excluding hydrogens is 411 g/mol. The van der Waals surface area contributed by atoms with Crippen LogP contribution < -0.4 is 5.32 Å². The van der Waals surface area contributed by atoms with E-state index in [1.54, 1.807) is 0 Å². The molecule has 6 nitrogen and oxygen atoms in total. The molecule has 2 aromatic rings. The lowest BCUT2D eigenvalue weighted by Gasteiger charge is -2.31. The summed E-state index contributed by atoms with van der Waals surface area (Å²) in [6.45, 7) is 2.82. The van der Waals surface area contributed by atoms with Crippen molar-refractivity contribution in [1.29, 1.82) is 0 Å². The zero-order valence-electron chi connectivity index (χ0n) is 18.5. The van der Waals surface area contributed by atoms with Crippen LogP contribution in [0.3, 0.4) is 0 Å². The summed E-state index contributed by atoms with van der Waals surface area (Å²) >= 11 is 0. The van der Waals surface area contributed by atoms with E-state index in [9.17, 15) is 9.59 Å². The summed E-state index contributed by atoms with van der Waals surface area (Å²) in [5, 5.41) is 3.01. The number of nitrogens with one attached hydrogen (secondary N) is 1. The smallest absolute Gasteiger partial charge is 0.320 e. The van der Waals surface area contributed by atoms with E-state index < -0.39 is 17.7 Å². The number of carbonyl (C=O) groups excluding carboxylic acids is 2. The van der Waals surface area contributed by atoms with Crippen LogP contribution in [0.15, 0.2) is 60.7 Å². The third kappa shape index (κ3) is 7.73. The number of halogens is 1.